The molecule has 0 aliphatic heterocycles. The maximum Gasteiger partial charge on any atom is 1.00 e. The number of hydrogen-bond acceptors (Lipinski definition) is 20. The van der Waals surface area contributed by atoms with E-state index in [0.29, 0.717) is 51.4 Å². The van der Waals surface area contributed by atoms with Crippen LogP contribution in [0.15, 0.2) is 48.6 Å². The van der Waals surface area contributed by atoms with Crippen molar-refractivity contribution in [2.45, 2.75) is 361 Å². The molecule has 1 aromatic carbocycles. The van der Waals surface area contributed by atoms with E-state index in [2.05, 4.69) is 87.1 Å². The van der Waals surface area contributed by atoms with Crippen LogP contribution in [0.5, 0.6) is 0 Å². The first-order valence-electron chi connectivity index (χ1n) is 41.9. The summed E-state index contributed by atoms with van der Waals surface area (Å²) >= 11 is 0. The molecule has 0 spiro atoms. The van der Waals surface area contributed by atoms with E-state index in [1.807, 2.05) is 0 Å². The Morgan fingerprint density at radius 3 is 1.02 bits per heavy atom. The monoisotopic (exact) mass is 1610 g/mol. The molecule has 4 amide bonds. The smallest absolute Gasteiger partial charge is 0.756 e. The number of esters is 2. The van der Waals surface area contributed by atoms with Gasteiger partial charge in [-0.15, -0.1) is 0 Å². The van der Waals surface area contributed by atoms with E-state index < -0.39 is 102 Å². The van der Waals surface area contributed by atoms with Gasteiger partial charge in [-0.25, -0.2) is 0 Å². The van der Waals surface area contributed by atoms with Gasteiger partial charge in [0.05, 0.1) is 76.8 Å². The number of amides is 4. The maximum atomic E-state index is 13.7. The van der Waals surface area contributed by atoms with Crippen molar-refractivity contribution >= 4 is 51.2 Å². The van der Waals surface area contributed by atoms with Crippen LogP contribution in [0.25, 0.3) is 0 Å². The number of hydrogen-bond donors (Lipinski definition) is 6. The molecule has 0 aliphatic carbocycles. The normalized spacial score (nSPS) is 14.3. The zero-order chi connectivity index (χ0) is 79.4. The topological polar surface area (TPSA) is 345 Å². The van der Waals surface area contributed by atoms with Crippen molar-refractivity contribution in [1.29, 1.82) is 0 Å². The molecule has 0 radical (unpaired) electrons. The molecule has 24 nitrogen and oxygen atoms in total. The van der Waals surface area contributed by atoms with Gasteiger partial charge in [0.2, 0.25) is 11.8 Å². The van der Waals surface area contributed by atoms with E-state index in [1.54, 1.807) is 0 Å². The Bertz CT molecular complexity index is 2430. The summed E-state index contributed by atoms with van der Waals surface area (Å²) in [6.07, 6.45) is 43.2. The first-order valence-corrected chi connectivity index (χ1v) is 44.8. The summed E-state index contributed by atoms with van der Waals surface area (Å²) in [7, 11) is -10.1. The summed E-state index contributed by atoms with van der Waals surface area (Å²) in [5, 5.41) is 31.9. The summed E-state index contributed by atoms with van der Waals surface area (Å²) in [6.45, 7) is 10.1. The summed E-state index contributed by atoms with van der Waals surface area (Å²) < 4.78 is 70.2. The van der Waals surface area contributed by atoms with E-state index in [9.17, 15) is 57.9 Å². The zero-order valence-corrected chi connectivity index (χ0v) is 75.2. The van der Waals surface area contributed by atoms with Gasteiger partial charge in [0.15, 0.2) is 0 Å². The number of phosphoric acid groups is 2. The molecule has 1 aromatic rings. The Hall–Kier alpha value is -2.42. The molecule has 6 unspecified atom stereocenters. The molecule has 28 heteroatoms. The number of phosphoric ester groups is 2. The number of nitrogens with one attached hydrogen (secondary N) is 4. The molecule has 110 heavy (non-hydrogen) atoms. The SMILES string of the molecule is CCCCCC/C=C\CCCC(=O)O[C@H](CCCCCCC)CC(=O)NC(COCCC(O)CCCCCCC)COP(=O)([O-])OCCNC(=O)c1ccc(C(=O)NCCOP(=O)([O-])OCC(COCCC(O)CCCCCCC)NC(=O)C[C@@H](CCCCCCC)OC(=O)CCC/C=C\CCCCCC)cc1.[Na+].[Na+]. The number of unbranched alkanes of at least 4 members (excludes halogenated alkanes) is 26. The van der Waals surface area contributed by atoms with Gasteiger partial charge in [-0.2, -0.15) is 0 Å². The van der Waals surface area contributed by atoms with E-state index in [4.69, 9.17) is 37.0 Å². The standard InChI is InChI=1S/C82H148N4O20P2.2Na/c1-7-13-19-25-27-29-31-37-43-49-79(91)105-75(47-41-35-23-17-11-5)63-77(89)85-71(65-99-59-55-73(87)45-39-33-21-15-9-3)67-103-107(95,96)101-61-57-83-81(93)69-51-53-70(54-52-69)82(94)84-58-62-102-108(97,98)104-68-72(66-100-60-56-74(88)46-40-34-22-16-10-4)86-78(90)64-76(48-42-36-24-18-12-6)106-80(92)50-44-38-32-30-28-26-20-14-8-2;;/h29-32,51-54,71-76,87-88H,7-28,33-50,55-68H2,1-6H3,(H,83,93)(H,84,94)(H,85,89)(H,86,90)(H,95,96)(H,97,98);;/q;2*+1/p-2/b31-29-,32-30-;;/t71?,72?,73?,74?,75-,76-;;/m1../s1. The zero-order valence-electron chi connectivity index (χ0n) is 69.4. The van der Waals surface area contributed by atoms with Crippen LogP contribution in [-0.2, 0) is 65.4 Å². The fourth-order valence-corrected chi connectivity index (χ4v) is 13.4. The summed E-state index contributed by atoms with van der Waals surface area (Å²) in [5.74, 6) is -3.00. The largest absolute Gasteiger partial charge is 1.00 e. The van der Waals surface area contributed by atoms with E-state index in [1.165, 1.54) is 62.8 Å². The molecule has 626 valence electrons. The number of carbonyl (C=O) groups is 6. The van der Waals surface area contributed by atoms with E-state index in [-0.39, 0.29) is 147 Å². The minimum atomic E-state index is -5.03. The third-order valence-corrected chi connectivity index (χ3v) is 20.3. The Morgan fingerprint density at radius 1 is 0.391 bits per heavy atom. The molecule has 1 rings (SSSR count). The third-order valence-electron chi connectivity index (χ3n) is 18.4. The minimum Gasteiger partial charge on any atom is -0.756 e. The number of allylic oxidation sites excluding steroid dienone is 4. The van der Waals surface area contributed by atoms with Gasteiger partial charge in [-0.05, 0) is 127 Å². The molecule has 0 saturated heterocycles. The maximum absolute atomic E-state index is 13.7. The van der Waals surface area contributed by atoms with Crippen molar-refractivity contribution in [1.82, 2.24) is 21.3 Å². The van der Waals surface area contributed by atoms with Crippen LogP contribution in [0.1, 0.15) is 345 Å². The molecule has 0 heterocycles. The number of benzene rings is 1. The summed E-state index contributed by atoms with van der Waals surface area (Å²) in [5.41, 5.74) is 0.237. The Labute approximate surface area is 707 Å². The van der Waals surface area contributed by atoms with E-state index >= 15 is 0 Å². The van der Waals surface area contributed by atoms with Crippen molar-refractivity contribution in [3.05, 3.63) is 59.7 Å². The molecular formula is C82H146N4Na2O20P2. The van der Waals surface area contributed by atoms with Crippen molar-refractivity contribution in [3.8, 4) is 0 Å². The minimum absolute atomic E-state index is 0. The van der Waals surface area contributed by atoms with Gasteiger partial charge in [-0.1, -0.05) is 220 Å². The predicted molar refractivity (Wildman–Crippen MR) is 423 cm³/mol. The van der Waals surface area contributed by atoms with Crippen LogP contribution in [0.3, 0.4) is 0 Å². The van der Waals surface area contributed by atoms with Crippen LogP contribution in [-0.4, -0.2) is 148 Å². The average Bonchev–Trinajstić information content (AvgIpc) is 0.894. The number of aliphatic hydroxyl groups is 2. The molecule has 8 atom stereocenters. The van der Waals surface area contributed by atoms with E-state index in [0.717, 1.165) is 167 Å². The number of aliphatic hydroxyl groups excluding tert-OH is 2. The van der Waals surface area contributed by atoms with Crippen LogP contribution < -0.4 is 90.2 Å². The molecule has 6 N–H and O–H groups in total. The second-order valence-corrected chi connectivity index (χ2v) is 31.5. The first kappa shape index (κ1) is 110. The molecule has 0 aliphatic rings. The third kappa shape index (κ3) is 66.7. The van der Waals surface area contributed by atoms with Crippen LogP contribution in [0.4, 0.5) is 0 Å². The van der Waals surface area contributed by atoms with Crippen LogP contribution in [0.2, 0.25) is 0 Å². The predicted octanol–water partition coefficient (Wildman–Crippen LogP) is 10.1. The average molecular weight is 1620 g/mol. The Balaban J connectivity index is 0. The first-order chi connectivity index (χ1) is 52.2. The van der Waals surface area contributed by atoms with Crippen molar-refractivity contribution in [3.63, 3.8) is 0 Å². The number of carbonyl (C=O) groups excluding carboxylic acids is 6. The van der Waals surface area contributed by atoms with Crippen molar-refractivity contribution in [2.24, 2.45) is 0 Å². The van der Waals surface area contributed by atoms with Gasteiger partial charge in [0.1, 0.15) is 12.2 Å². The van der Waals surface area contributed by atoms with Gasteiger partial charge >= 0.3 is 71.1 Å². The van der Waals surface area contributed by atoms with Crippen LogP contribution in [0, 0.1) is 0 Å². The fourth-order valence-electron chi connectivity index (χ4n) is 11.9. The van der Waals surface area contributed by atoms with Crippen molar-refractivity contribution in [2.75, 3.05) is 65.9 Å². The Kier molecular flexibility index (Phi) is 75.1. The summed E-state index contributed by atoms with van der Waals surface area (Å²) in [4.78, 5) is 106. The molecule has 0 fully saturated rings. The molecule has 0 bridgehead atoms. The fraction of sp³-hybridized carbons (Fsp3) is 0.805. The summed E-state index contributed by atoms with van der Waals surface area (Å²) in [6, 6.07) is 3.48. The Morgan fingerprint density at radius 2 is 0.691 bits per heavy atom. The molecule has 0 aromatic heterocycles. The van der Waals surface area contributed by atoms with Gasteiger partial charge in [-0.3, -0.25) is 37.9 Å². The van der Waals surface area contributed by atoms with Gasteiger partial charge in [0, 0.05) is 50.3 Å². The number of rotatable bonds is 76. The second-order valence-electron chi connectivity index (χ2n) is 28.7. The quantitative estimate of drug-likeness (QED) is 0.0116. The molecule has 0 saturated carbocycles. The van der Waals surface area contributed by atoms with Gasteiger partial charge < -0.3 is 78.3 Å². The van der Waals surface area contributed by atoms with Gasteiger partial charge in [0.25, 0.3) is 27.5 Å². The van der Waals surface area contributed by atoms with Crippen LogP contribution >= 0.6 is 15.6 Å². The second kappa shape index (κ2) is 75.3. The van der Waals surface area contributed by atoms with Crippen molar-refractivity contribution < 1.29 is 154 Å². The number of ether oxygens (including phenoxy) is 4. The molecular weight excluding hydrogens is 1470 g/mol.